The molecule has 2 aromatic carbocycles. The van der Waals surface area contributed by atoms with Gasteiger partial charge >= 0.3 is 6.03 Å². The van der Waals surface area contributed by atoms with Crippen molar-refractivity contribution in [2.75, 3.05) is 6.54 Å². The number of ether oxygens (including phenoxy) is 1. The van der Waals surface area contributed by atoms with Gasteiger partial charge in [0.05, 0.1) is 29.1 Å². The van der Waals surface area contributed by atoms with Gasteiger partial charge in [-0.05, 0) is 43.7 Å². The van der Waals surface area contributed by atoms with E-state index in [0.717, 1.165) is 6.20 Å². The summed E-state index contributed by atoms with van der Waals surface area (Å²) < 4.78 is 35.5. The second-order valence-electron chi connectivity index (χ2n) is 8.92. The Morgan fingerprint density at radius 1 is 1.29 bits per heavy atom. The fraction of sp³-hybridized carbons (Fsp3) is 0.231. The van der Waals surface area contributed by atoms with Crippen molar-refractivity contribution in [2.45, 2.75) is 32.5 Å². The van der Waals surface area contributed by atoms with Crippen LogP contribution in [-0.2, 0) is 11.4 Å². The number of aromatic nitrogens is 3. The fourth-order valence-electron chi connectivity index (χ4n) is 4.38. The quantitative estimate of drug-likeness (QED) is 0.327. The Morgan fingerprint density at radius 2 is 2.11 bits per heavy atom. The molecule has 9 nitrogen and oxygen atoms in total. The Bertz CT molecular complexity index is 1560. The molecule has 1 fully saturated rings. The minimum Gasteiger partial charge on any atom is -0.487 e. The van der Waals surface area contributed by atoms with Crippen LogP contribution < -0.4 is 20.7 Å². The van der Waals surface area contributed by atoms with Crippen LogP contribution in [0, 0.1) is 18.6 Å². The summed E-state index contributed by atoms with van der Waals surface area (Å²) in [5.74, 6) is -1.02. The zero-order chi connectivity index (χ0) is 27.0. The van der Waals surface area contributed by atoms with Gasteiger partial charge in [-0.25, -0.2) is 23.2 Å². The fourth-order valence-corrected chi connectivity index (χ4v) is 4.65. The van der Waals surface area contributed by atoms with E-state index in [-0.39, 0.29) is 18.2 Å². The number of hydrogen-bond acceptors (Lipinski definition) is 5. The van der Waals surface area contributed by atoms with Crippen LogP contribution in [-0.4, -0.2) is 39.3 Å². The Morgan fingerprint density at radius 3 is 2.82 bits per heavy atom. The maximum Gasteiger partial charge on any atom is 0.315 e. The van der Waals surface area contributed by atoms with Crippen molar-refractivity contribution in [1.82, 2.24) is 30.7 Å². The van der Waals surface area contributed by atoms with Crippen molar-refractivity contribution in [2.24, 2.45) is 0 Å². The topological polar surface area (TPSA) is 110 Å². The largest absolute Gasteiger partial charge is 0.487 e. The number of carbonyl (C=O) groups is 2. The second-order valence-corrected chi connectivity index (χ2v) is 9.33. The molecule has 38 heavy (non-hydrogen) atoms. The number of nitrogens with zero attached hydrogens (tertiary/aromatic N) is 3. The van der Waals surface area contributed by atoms with Crippen molar-refractivity contribution in [1.29, 1.82) is 0 Å². The SMILES string of the molecule is Cc1cc(-n2cc(F)cn2)c2cccc(OCc3c(Cl)cc(F)cc3[C@H](C)NC(=O)[C@@H]3CNC(=O)N3)c2n1. The lowest BCUT2D eigenvalue weighted by Gasteiger charge is -2.21. The molecule has 0 bridgehead atoms. The molecule has 2 atom stereocenters. The first-order valence-electron chi connectivity index (χ1n) is 11.8. The number of rotatable bonds is 7. The summed E-state index contributed by atoms with van der Waals surface area (Å²) in [5.41, 5.74) is 2.74. The van der Waals surface area contributed by atoms with E-state index >= 15 is 0 Å². The molecular weight excluding hydrogens is 518 g/mol. The number of aryl methyl sites for hydroxylation is 1. The number of halogens is 3. The zero-order valence-corrected chi connectivity index (χ0v) is 21.1. The Balaban J connectivity index is 1.44. The van der Waals surface area contributed by atoms with E-state index < -0.39 is 35.7 Å². The van der Waals surface area contributed by atoms with Crippen LogP contribution in [0.5, 0.6) is 5.75 Å². The molecule has 4 aromatic rings. The van der Waals surface area contributed by atoms with Crippen molar-refractivity contribution < 1.29 is 23.1 Å². The number of amides is 3. The molecule has 1 saturated heterocycles. The molecule has 3 N–H and O–H groups in total. The molecule has 5 rings (SSSR count). The van der Waals surface area contributed by atoms with Gasteiger partial charge in [0.2, 0.25) is 5.91 Å². The highest BCUT2D eigenvalue weighted by Gasteiger charge is 2.28. The third-order valence-electron chi connectivity index (χ3n) is 6.19. The van der Waals surface area contributed by atoms with Crippen LogP contribution >= 0.6 is 11.6 Å². The van der Waals surface area contributed by atoms with E-state index in [1.807, 2.05) is 6.07 Å². The third kappa shape index (κ3) is 5.10. The van der Waals surface area contributed by atoms with Crippen molar-refractivity contribution in [3.63, 3.8) is 0 Å². The lowest BCUT2D eigenvalue weighted by atomic mass is 10.0. The minimum atomic E-state index is -0.740. The molecule has 0 saturated carbocycles. The zero-order valence-electron chi connectivity index (χ0n) is 20.4. The van der Waals surface area contributed by atoms with Gasteiger partial charge in [0, 0.05) is 23.2 Å². The summed E-state index contributed by atoms with van der Waals surface area (Å²) in [6, 6.07) is 7.79. The summed E-state index contributed by atoms with van der Waals surface area (Å²) in [4.78, 5) is 28.6. The van der Waals surface area contributed by atoms with Gasteiger partial charge in [-0.1, -0.05) is 23.7 Å². The molecule has 12 heteroatoms. The summed E-state index contributed by atoms with van der Waals surface area (Å²) in [7, 11) is 0. The van der Waals surface area contributed by atoms with Crippen molar-refractivity contribution in [3.05, 3.63) is 82.3 Å². The standard InChI is InChI=1S/C26H23ClF2N6O3/c1-13-6-22(35-11-16(29)9-31-35)17-4-3-5-23(24(17)32-13)38-12-19-18(7-15(28)8-20(19)27)14(2)33-25(36)21-10-30-26(37)34-21/h3-9,11,14,21H,10,12H2,1-2H3,(H,33,36)(H2,30,34,37)/t14-,21-/m0/s1. The average molecular weight is 541 g/mol. The van der Waals surface area contributed by atoms with Crippen molar-refractivity contribution in [3.8, 4) is 11.4 Å². The predicted octanol–water partition coefficient (Wildman–Crippen LogP) is 4.10. The van der Waals surface area contributed by atoms with Crippen LogP contribution in [0.15, 0.2) is 48.8 Å². The summed E-state index contributed by atoms with van der Waals surface area (Å²) >= 11 is 6.42. The van der Waals surface area contributed by atoms with E-state index in [2.05, 4.69) is 26.0 Å². The lowest BCUT2D eigenvalue weighted by molar-refractivity contribution is -0.123. The number of para-hydroxylation sites is 1. The van der Waals surface area contributed by atoms with E-state index in [4.69, 9.17) is 16.3 Å². The Kier molecular flexibility index (Phi) is 6.85. The lowest BCUT2D eigenvalue weighted by Crippen LogP contribution is -2.43. The molecule has 0 radical (unpaired) electrons. The van der Waals surface area contributed by atoms with Crippen LogP contribution in [0.1, 0.15) is 29.8 Å². The van der Waals surface area contributed by atoms with Crippen LogP contribution in [0.4, 0.5) is 13.6 Å². The summed E-state index contributed by atoms with van der Waals surface area (Å²) in [6.45, 7) is 3.60. The highest BCUT2D eigenvalue weighted by Crippen LogP contribution is 2.32. The van der Waals surface area contributed by atoms with Crippen LogP contribution in [0.25, 0.3) is 16.6 Å². The number of carbonyl (C=O) groups excluding carboxylic acids is 2. The smallest absolute Gasteiger partial charge is 0.315 e. The molecule has 0 aliphatic carbocycles. The van der Waals surface area contributed by atoms with Gasteiger partial charge in [0.15, 0.2) is 5.82 Å². The summed E-state index contributed by atoms with van der Waals surface area (Å²) in [6.07, 6.45) is 2.39. The maximum absolute atomic E-state index is 14.3. The first-order chi connectivity index (χ1) is 18.2. The number of nitrogens with one attached hydrogen (secondary N) is 3. The normalized spacial score (nSPS) is 15.7. The third-order valence-corrected chi connectivity index (χ3v) is 6.52. The molecule has 1 aliphatic heterocycles. The van der Waals surface area contributed by atoms with E-state index in [9.17, 15) is 18.4 Å². The monoisotopic (exact) mass is 540 g/mol. The number of benzene rings is 2. The van der Waals surface area contributed by atoms with Gasteiger partial charge in [0.1, 0.15) is 29.7 Å². The van der Waals surface area contributed by atoms with E-state index in [1.54, 1.807) is 32.0 Å². The highest BCUT2D eigenvalue weighted by molar-refractivity contribution is 6.31. The highest BCUT2D eigenvalue weighted by atomic mass is 35.5. The second kappa shape index (κ2) is 10.3. The number of pyridine rings is 1. The van der Waals surface area contributed by atoms with E-state index in [0.29, 0.717) is 39.2 Å². The first-order valence-corrected chi connectivity index (χ1v) is 12.1. The number of fused-ring (bicyclic) bond motifs is 1. The van der Waals surface area contributed by atoms with Crippen molar-refractivity contribution >= 4 is 34.4 Å². The molecule has 3 heterocycles. The number of hydrogen-bond donors (Lipinski definition) is 3. The molecular formula is C26H23ClF2N6O3. The predicted molar refractivity (Wildman–Crippen MR) is 136 cm³/mol. The van der Waals surface area contributed by atoms with Gasteiger partial charge in [-0.3, -0.25) is 4.79 Å². The average Bonchev–Trinajstić information content (AvgIpc) is 3.50. The summed E-state index contributed by atoms with van der Waals surface area (Å²) in [5, 5.41) is 12.7. The molecule has 1 aliphatic rings. The van der Waals surface area contributed by atoms with Gasteiger partial charge in [-0.2, -0.15) is 5.10 Å². The number of urea groups is 1. The molecule has 0 unspecified atom stereocenters. The maximum atomic E-state index is 14.3. The Labute approximate surface area is 221 Å². The van der Waals surface area contributed by atoms with Gasteiger partial charge in [-0.15, -0.1) is 0 Å². The molecule has 3 amide bonds. The van der Waals surface area contributed by atoms with E-state index in [1.165, 1.54) is 23.0 Å². The van der Waals surface area contributed by atoms with Crippen LogP contribution in [0.3, 0.4) is 0 Å². The van der Waals surface area contributed by atoms with Gasteiger partial charge in [0.25, 0.3) is 0 Å². The Hall–Kier alpha value is -4.25. The molecule has 2 aromatic heterocycles. The van der Waals surface area contributed by atoms with Gasteiger partial charge < -0.3 is 20.7 Å². The van der Waals surface area contributed by atoms with Crippen LogP contribution in [0.2, 0.25) is 5.02 Å². The molecule has 196 valence electrons. The minimum absolute atomic E-state index is 0.0448. The molecule has 0 spiro atoms. The first kappa shape index (κ1) is 25.4.